The molecule has 0 saturated carbocycles. The molecule has 1 aromatic carbocycles. The van der Waals surface area contributed by atoms with Crippen LogP contribution >= 0.6 is 15.9 Å². The Hall–Kier alpha value is -2.75. The van der Waals surface area contributed by atoms with Crippen LogP contribution in [-0.4, -0.2) is 40.3 Å². The van der Waals surface area contributed by atoms with Crippen molar-refractivity contribution in [3.63, 3.8) is 0 Å². The number of nitrogens with zero attached hydrogens (tertiary/aromatic N) is 5. The van der Waals surface area contributed by atoms with Gasteiger partial charge in [-0.05, 0) is 35.8 Å². The van der Waals surface area contributed by atoms with Gasteiger partial charge in [-0.25, -0.2) is 33.1 Å². The first-order valence-electron chi connectivity index (χ1n) is 9.06. The first-order chi connectivity index (χ1) is 14.2. The van der Waals surface area contributed by atoms with Crippen LogP contribution in [0, 0.1) is 12.7 Å². The molecule has 0 unspecified atom stereocenters. The molecule has 1 N–H and O–H groups in total. The van der Waals surface area contributed by atoms with Crippen molar-refractivity contribution in [2.24, 2.45) is 4.99 Å². The van der Waals surface area contributed by atoms with E-state index in [9.17, 15) is 13.2 Å². The standard InChI is InChI=1S/C20H20BrF3N6/c1-10(12-6-5-7-13(16(12)22)17(23)24)26-18-14-8-15(21)20(25-9-30(3)4)29-19(14)28-11(2)27-18/h5-10,17H,1-4H3,(H,26,27,28,29)/b25-9-/t10-/m1/s1. The highest BCUT2D eigenvalue weighted by molar-refractivity contribution is 9.10. The van der Waals surface area contributed by atoms with E-state index >= 15 is 0 Å². The van der Waals surface area contributed by atoms with E-state index in [1.54, 1.807) is 31.2 Å². The summed E-state index contributed by atoms with van der Waals surface area (Å²) >= 11 is 3.45. The van der Waals surface area contributed by atoms with Crippen LogP contribution in [-0.2, 0) is 0 Å². The third-order valence-corrected chi connectivity index (χ3v) is 4.84. The SMILES string of the molecule is Cc1nc(N[C@H](C)c2cccc(C(F)F)c2F)c2cc(Br)c(/N=C\N(C)C)nc2n1. The molecule has 0 bridgehead atoms. The Morgan fingerprint density at radius 1 is 1.17 bits per heavy atom. The Morgan fingerprint density at radius 2 is 1.87 bits per heavy atom. The van der Waals surface area contributed by atoms with Crippen molar-refractivity contribution in [3.05, 3.63) is 51.5 Å². The maximum Gasteiger partial charge on any atom is 0.266 e. The maximum atomic E-state index is 14.5. The molecule has 30 heavy (non-hydrogen) atoms. The number of benzene rings is 1. The lowest BCUT2D eigenvalue weighted by Gasteiger charge is -2.18. The minimum Gasteiger partial charge on any atom is -0.369 e. The number of anilines is 1. The highest BCUT2D eigenvalue weighted by atomic mass is 79.9. The molecule has 10 heteroatoms. The zero-order valence-corrected chi connectivity index (χ0v) is 18.4. The molecule has 0 aliphatic rings. The lowest BCUT2D eigenvalue weighted by Crippen LogP contribution is -2.12. The molecule has 158 valence electrons. The van der Waals surface area contributed by atoms with E-state index in [1.807, 2.05) is 14.1 Å². The van der Waals surface area contributed by atoms with Crippen molar-refractivity contribution in [3.8, 4) is 0 Å². The highest BCUT2D eigenvalue weighted by Crippen LogP contribution is 2.33. The summed E-state index contributed by atoms with van der Waals surface area (Å²) in [6, 6.07) is 5.11. The second-order valence-electron chi connectivity index (χ2n) is 6.91. The average molecular weight is 481 g/mol. The molecule has 0 saturated heterocycles. The summed E-state index contributed by atoms with van der Waals surface area (Å²) in [5.74, 6) is 0.394. The Bertz CT molecular complexity index is 1100. The fourth-order valence-corrected chi connectivity index (χ4v) is 3.27. The number of aliphatic imine (C=N–C) groups is 1. The number of aryl methyl sites for hydroxylation is 1. The number of halogens is 4. The number of rotatable bonds is 6. The number of pyridine rings is 1. The Labute approximate surface area is 180 Å². The van der Waals surface area contributed by atoms with Gasteiger partial charge < -0.3 is 10.2 Å². The fourth-order valence-electron chi connectivity index (χ4n) is 2.85. The van der Waals surface area contributed by atoms with E-state index in [1.165, 1.54) is 12.1 Å². The van der Waals surface area contributed by atoms with E-state index in [4.69, 9.17) is 0 Å². The van der Waals surface area contributed by atoms with Crippen LogP contribution in [0.1, 0.15) is 36.3 Å². The van der Waals surface area contributed by atoms with E-state index in [0.29, 0.717) is 33.0 Å². The number of aromatic nitrogens is 3. The van der Waals surface area contributed by atoms with Gasteiger partial charge in [-0.2, -0.15) is 0 Å². The molecule has 2 aromatic heterocycles. The van der Waals surface area contributed by atoms with E-state index in [0.717, 1.165) is 6.07 Å². The second kappa shape index (κ2) is 8.95. The number of alkyl halides is 2. The summed E-state index contributed by atoms with van der Waals surface area (Å²) in [5, 5.41) is 3.69. The highest BCUT2D eigenvalue weighted by Gasteiger charge is 2.20. The van der Waals surface area contributed by atoms with Gasteiger partial charge in [0.2, 0.25) is 0 Å². The van der Waals surface area contributed by atoms with Gasteiger partial charge in [0.15, 0.2) is 11.5 Å². The number of nitrogens with one attached hydrogen (secondary N) is 1. The summed E-state index contributed by atoms with van der Waals surface area (Å²) in [6.45, 7) is 3.38. The number of hydrogen-bond acceptors (Lipinski definition) is 5. The molecule has 0 aliphatic heterocycles. The molecule has 0 fully saturated rings. The molecule has 0 amide bonds. The quantitative estimate of drug-likeness (QED) is 0.369. The third kappa shape index (κ3) is 4.69. The minimum absolute atomic E-state index is 0.122. The van der Waals surface area contributed by atoms with Crippen LogP contribution in [0.25, 0.3) is 11.0 Å². The molecule has 1 atom stereocenters. The van der Waals surface area contributed by atoms with Crippen LogP contribution in [0.15, 0.2) is 33.7 Å². The van der Waals surface area contributed by atoms with Crippen molar-refractivity contribution in [2.45, 2.75) is 26.3 Å². The summed E-state index contributed by atoms with van der Waals surface area (Å²) in [7, 11) is 3.69. The summed E-state index contributed by atoms with van der Waals surface area (Å²) in [5.41, 5.74) is -0.0952. The number of hydrogen-bond donors (Lipinski definition) is 1. The van der Waals surface area contributed by atoms with Crippen molar-refractivity contribution >= 4 is 44.9 Å². The van der Waals surface area contributed by atoms with Gasteiger partial charge in [-0.3, -0.25) is 0 Å². The van der Waals surface area contributed by atoms with Crippen LogP contribution in [0.3, 0.4) is 0 Å². The molecule has 0 spiro atoms. The minimum atomic E-state index is -2.89. The Kier molecular flexibility index (Phi) is 6.55. The van der Waals surface area contributed by atoms with E-state index in [2.05, 4.69) is 41.2 Å². The van der Waals surface area contributed by atoms with Gasteiger partial charge in [-0.15, -0.1) is 0 Å². The first kappa shape index (κ1) is 21.9. The molecule has 2 heterocycles. The lowest BCUT2D eigenvalue weighted by molar-refractivity contribution is 0.146. The normalized spacial score (nSPS) is 12.7. The van der Waals surface area contributed by atoms with Crippen LogP contribution in [0.2, 0.25) is 0 Å². The molecule has 0 radical (unpaired) electrons. The van der Waals surface area contributed by atoms with Gasteiger partial charge in [0.25, 0.3) is 6.43 Å². The topological polar surface area (TPSA) is 66.3 Å². The summed E-state index contributed by atoms with van der Waals surface area (Å²) < 4.78 is 41.3. The predicted molar refractivity (Wildman–Crippen MR) is 115 cm³/mol. The zero-order valence-electron chi connectivity index (χ0n) is 16.8. The Balaban J connectivity index is 2.02. The maximum absolute atomic E-state index is 14.5. The lowest BCUT2D eigenvalue weighted by atomic mass is 10.0. The molecule has 3 rings (SSSR count). The monoisotopic (exact) mass is 480 g/mol. The van der Waals surface area contributed by atoms with Crippen LogP contribution in [0.5, 0.6) is 0 Å². The molecular formula is C20H20BrF3N6. The third-order valence-electron chi connectivity index (χ3n) is 4.26. The molecule has 0 aliphatic carbocycles. The van der Waals surface area contributed by atoms with E-state index in [-0.39, 0.29) is 5.56 Å². The van der Waals surface area contributed by atoms with Gasteiger partial charge in [0, 0.05) is 19.7 Å². The Morgan fingerprint density at radius 3 is 2.53 bits per heavy atom. The van der Waals surface area contributed by atoms with Crippen molar-refractivity contribution < 1.29 is 13.2 Å². The van der Waals surface area contributed by atoms with Crippen LogP contribution < -0.4 is 5.32 Å². The van der Waals surface area contributed by atoms with Crippen molar-refractivity contribution in [1.82, 2.24) is 19.9 Å². The van der Waals surface area contributed by atoms with Crippen molar-refractivity contribution in [2.75, 3.05) is 19.4 Å². The van der Waals surface area contributed by atoms with Gasteiger partial charge >= 0.3 is 0 Å². The smallest absolute Gasteiger partial charge is 0.266 e. The van der Waals surface area contributed by atoms with Gasteiger partial charge in [0.1, 0.15) is 17.5 Å². The predicted octanol–water partition coefficient (Wildman–Crippen LogP) is 5.57. The zero-order chi connectivity index (χ0) is 22.0. The fraction of sp³-hybridized carbons (Fsp3) is 0.300. The van der Waals surface area contributed by atoms with Gasteiger partial charge in [-0.1, -0.05) is 18.2 Å². The number of fused-ring (bicyclic) bond motifs is 1. The first-order valence-corrected chi connectivity index (χ1v) is 9.85. The molecule has 6 nitrogen and oxygen atoms in total. The van der Waals surface area contributed by atoms with Crippen LogP contribution in [0.4, 0.5) is 24.8 Å². The van der Waals surface area contributed by atoms with Gasteiger partial charge in [0.05, 0.1) is 27.8 Å². The average Bonchev–Trinajstić information content (AvgIpc) is 2.66. The van der Waals surface area contributed by atoms with E-state index < -0.39 is 23.8 Å². The summed E-state index contributed by atoms with van der Waals surface area (Å²) in [6.07, 6.45) is -1.27. The second-order valence-corrected chi connectivity index (χ2v) is 7.76. The summed E-state index contributed by atoms with van der Waals surface area (Å²) in [4.78, 5) is 19.3. The largest absolute Gasteiger partial charge is 0.369 e. The molecular weight excluding hydrogens is 461 g/mol. The van der Waals surface area contributed by atoms with Crippen molar-refractivity contribution in [1.29, 1.82) is 0 Å². The molecule has 3 aromatic rings.